The Hall–Kier alpha value is -2.74. The quantitative estimate of drug-likeness (QED) is 0.827. The van der Waals surface area contributed by atoms with Crippen LogP contribution in [-0.2, 0) is 10.0 Å². The van der Waals surface area contributed by atoms with Gasteiger partial charge in [0.15, 0.2) is 11.5 Å². The molecule has 8 heteroatoms. The molecule has 0 spiro atoms. The van der Waals surface area contributed by atoms with Crippen molar-refractivity contribution in [2.75, 3.05) is 36.1 Å². The Morgan fingerprint density at radius 1 is 1.04 bits per heavy atom. The Kier molecular flexibility index (Phi) is 5.79. The van der Waals surface area contributed by atoms with Gasteiger partial charge in [-0.1, -0.05) is 6.07 Å². The highest BCUT2D eigenvalue weighted by Gasteiger charge is 2.27. The van der Waals surface area contributed by atoms with Crippen molar-refractivity contribution in [3.63, 3.8) is 0 Å². The zero-order valence-electron chi connectivity index (χ0n) is 16.2. The van der Waals surface area contributed by atoms with Crippen molar-refractivity contribution in [1.29, 1.82) is 0 Å². The first-order valence-corrected chi connectivity index (χ1v) is 10.6. The van der Waals surface area contributed by atoms with Crippen molar-refractivity contribution >= 4 is 27.3 Å². The molecule has 3 rings (SSSR count). The number of benzene rings is 2. The van der Waals surface area contributed by atoms with Gasteiger partial charge in [0.2, 0.25) is 10.0 Å². The Balaban J connectivity index is 1.87. The number of nitrogens with zero attached hydrogens (tertiary/aromatic N) is 1. The van der Waals surface area contributed by atoms with E-state index in [1.165, 1.54) is 11.4 Å². The van der Waals surface area contributed by atoms with Crippen LogP contribution in [0.2, 0.25) is 0 Å². The predicted octanol–water partition coefficient (Wildman–Crippen LogP) is 3.19. The van der Waals surface area contributed by atoms with Gasteiger partial charge in [-0.15, -0.1) is 0 Å². The maximum absolute atomic E-state index is 12.7. The highest BCUT2D eigenvalue weighted by atomic mass is 32.2. The minimum atomic E-state index is -3.35. The van der Waals surface area contributed by atoms with Crippen molar-refractivity contribution < 1.29 is 22.7 Å². The highest BCUT2D eigenvalue weighted by molar-refractivity contribution is 7.92. The molecule has 28 heavy (non-hydrogen) atoms. The van der Waals surface area contributed by atoms with Gasteiger partial charge in [-0.25, -0.2) is 8.42 Å². The van der Waals surface area contributed by atoms with E-state index in [1.807, 2.05) is 6.92 Å². The summed E-state index contributed by atoms with van der Waals surface area (Å²) in [6.07, 6.45) is 1.47. The van der Waals surface area contributed by atoms with Crippen LogP contribution in [-0.4, -0.2) is 40.8 Å². The number of hydrogen-bond acceptors (Lipinski definition) is 5. The lowest BCUT2D eigenvalue weighted by atomic mass is 10.1. The Labute approximate surface area is 165 Å². The molecule has 1 N–H and O–H groups in total. The number of aryl methyl sites for hydroxylation is 1. The molecule has 0 unspecified atom stereocenters. The topological polar surface area (TPSA) is 84.9 Å². The largest absolute Gasteiger partial charge is 0.493 e. The van der Waals surface area contributed by atoms with E-state index in [-0.39, 0.29) is 11.7 Å². The molecule has 1 amide bonds. The second-order valence-corrected chi connectivity index (χ2v) is 8.63. The lowest BCUT2D eigenvalue weighted by molar-refractivity contribution is 0.102. The van der Waals surface area contributed by atoms with E-state index in [2.05, 4.69) is 5.32 Å². The minimum Gasteiger partial charge on any atom is -0.493 e. The number of carbonyl (C=O) groups is 1. The lowest BCUT2D eigenvalue weighted by Gasteiger charge is -2.29. The van der Waals surface area contributed by atoms with Gasteiger partial charge in [0.25, 0.3) is 5.91 Å². The summed E-state index contributed by atoms with van der Waals surface area (Å²) < 4.78 is 36.7. The molecule has 1 aliphatic heterocycles. The summed E-state index contributed by atoms with van der Waals surface area (Å²) in [5, 5.41) is 2.81. The fraction of sp³-hybridized carbons (Fsp3) is 0.350. The van der Waals surface area contributed by atoms with Crippen LogP contribution in [0.4, 0.5) is 11.4 Å². The molecule has 150 valence electrons. The molecule has 0 aliphatic carbocycles. The highest BCUT2D eigenvalue weighted by Crippen LogP contribution is 2.31. The van der Waals surface area contributed by atoms with E-state index in [9.17, 15) is 13.2 Å². The molecule has 0 aromatic heterocycles. The van der Waals surface area contributed by atoms with Gasteiger partial charge >= 0.3 is 0 Å². The molecule has 1 aliphatic rings. The molecule has 2 aromatic carbocycles. The third kappa shape index (κ3) is 4.06. The second-order valence-electron chi connectivity index (χ2n) is 6.62. The second kappa shape index (κ2) is 8.10. The van der Waals surface area contributed by atoms with Gasteiger partial charge in [0.05, 0.1) is 25.7 Å². The summed E-state index contributed by atoms with van der Waals surface area (Å²) in [6.45, 7) is 2.28. The minimum absolute atomic E-state index is 0.133. The first kappa shape index (κ1) is 20.0. The van der Waals surface area contributed by atoms with E-state index < -0.39 is 10.0 Å². The van der Waals surface area contributed by atoms with E-state index in [4.69, 9.17) is 9.47 Å². The molecule has 7 nitrogen and oxygen atoms in total. The van der Waals surface area contributed by atoms with Gasteiger partial charge < -0.3 is 14.8 Å². The van der Waals surface area contributed by atoms with Gasteiger partial charge in [0.1, 0.15) is 0 Å². The van der Waals surface area contributed by atoms with Crippen LogP contribution in [0.3, 0.4) is 0 Å². The molecular formula is C20H24N2O5S. The lowest BCUT2D eigenvalue weighted by Crippen LogP contribution is -2.38. The first-order chi connectivity index (χ1) is 13.4. The van der Waals surface area contributed by atoms with Crippen LogP contribution >= 0.6 is 0 Å². The molecule has 1 fully saturated rings. The van der Waals surface area contributed by atoms with Gasteiger partial charge in [-0.05, 0) is 49.6 Å². The number of anilines is 2. The summed E-state index contributed by atoms with van der Waals surface area (Å²) >= 11 is 0. The number of hydrogen-bond donors (Lipinski definition) is 1. The number of rotatable bonds is 5. The number of carbonyl (C=O) groups excluding carboxylic acids is 1. The van der Waals surface area contributed by atoms with Crippen LogP contribution in [0.5, 0.6) is 11.5 Å². The van der Waals surface area contributed by atoms with Crippen molar-refractivity contribution in [2.45, 2.75) is 19.8 Å². The Morgan fingerprint density at radius 2 is 1.79 bits per heavy atom. The Bertz CT molecular complexity index is 988. The fourth-order valence-corrected chi connectivity index (χ4v) is 4.89. The standard InChI is InChI=1S/C20H24N2O5S/c1-14-6-7-15(12-17(14)22-10-4-5-11-28(22,24)25)20(23)21-16-8-9-18(26-2)19(13-16)27-3/h6-9,12-13H,4-5,10-11H2,1-3H3,(H,21,23). The maximum Gasteiger partial charge on any atom is 0.255 e. The summed E-state index contributed by atoms with van der Waals surface area (Å²) in [6, 6.07) is 10.2. The van der Waals surface area contributed by atoms with Crippen LogP contribution in [0, 0.1) is 6.92 Å². The third-order valence-electron chi connectivity index (χ3n) is 4.73. The fourth-order valence-electron chi connectivity index (χ4n) is 3.20. The molecular weight excluding hydrogens is 380 g/mol. The van der Waals surface area contributed by atoms with E-state index in [0.717, 1.165) is 12.0 Å². The summed E-state index contributed by atoms with van der Waals surface area (Å²) in [4.78, 5) is 12.7. The SMILES string of the molecule is COc1ccc(NC(=O)c2ccc(C)c(N3CCCCS3(=O)=O)c2)cc1OC. The van der Waals surface area contributed by atoms with E-state index in [1.54, 1.807) is 43.5 Å². The first-order valence-electron chi connectivity index (χ1n) is 9.00. The maximum atomic E-state index is 12.7. The molecule has 0 bridgehead atoms. The predicted molar refractivity (Wildman–Crippen MR) is 109 cm³/mol. The smallest absolute Gasteiger partial charge is 0.255 e. The summed E-state index contributed by atoms with van der Waals surface area (Å²) in [5.41, 5.74) is 2.30. The van der Waals surface area contributed by atoms with Crippen LogP contribution in [0.25, 0.3) is 0 Å². The van der Waals surface area contributed by atoms with Crippen LogP contribution < -0.4 is 19.1 Å². The van der Waals surface area contributed by atoms with E-state index in [0.29, 0.717) is 41.4 Å². The summed E-state index contributed by atoms with van der Waals surface area (Å²) in [7, 11) is -0.283. The van der Waals surface area contributed by atoms with Crippen molar-refractivity contribution in [1.82, 2.24) is 0 Å². The number of sulfonamides is 1. The zero-order chi connectivity index (χ0) is 20.3. The molecule has 0 atom stereocenters. The molecule has 2 aromatic rings. The van der Waals surface area contributed by atoms with Gasteiger partial charge in [0, 0.05) is 23.9 Å². The number of methoxy groups -OCH3 is 2. The van der Waals surface area contributed by atoms with Crippen LogP contribution in [0.15, 0.2) is 36.4 Å². The summed E-state index contributed by atoms with van der Waals surface area (Å²) in [5.74, 6) is 0.870. The van der Waals surface area contributed by atoms with Crippen molar-refractivity contribution in [3.8, 4) is 11.5 Å². The number of nitrogens with one attached hydrogen (secondary N) is 1. The van der Waals surface area contributed by atoms with Crippen LogP contribution in [0.1, 0.15) is 28.8 Å². The average molecular weight is 404 g/mol. The normalized spacial score (nSPS) is 15.8. The third-order valence-corrected chi connectivity index (χ3v) is 6.59. The van der Waals surface area contributed by atoms with Gasteiger partial charge in [-0.2, -0.15) is 0 Å². The monoisotopic (exact) mass is 404 g/mol. The van der Waals surface area contributed by atoms with E-state index >= 15 is 0 Å². The van der Waals surface area contributed by atoms with Gasteiger partial charge in [-0.3, -0.25) is 9.10 Å². The molecule has 1 heterocycles. The number of ether oxygens (including phenoxy) is 2. The molecule has 1 saturated heterocycles. The average Bonchev–Trinajstić information content (AvgIpc) is 2.68. The molecule has 0 radical (unpaired) electrons. The Morgan fingerprint density at radius 3 is 2.46 bits per heavy atom. The van der Waals surface area contributed by atoms with Crippen molar-refractivity contribution in [3.05, 3.63) is 47.5 Å². The van der Waals surface area contributed by atoms with Crippen molar-refractivity contribution in [2.24, 2.45) is 0 Å². The zero-order valence-corrected chi connectivity index (χ0v) is 17.0. The molecule has 0 saturated carbocycles. The number of amides is 1.